The summed E-state index contributed by atoms with van der Waals surface area (Å²) in [5.74, 6) is 0.488. The number of pyridine rings is 2. The molecule has 1 saturated carbocycles. The number of nitrogens with zero attached hydrogens (tertiary/aromatic N) is 2. The van der Waals surface area contributed by atoms with E-state index in [1.807, 2.05) is 24.3 Å². The maximum absolute atomic E-state index is 13.2. The molecule has 2 aromatic heterocycles. The van der Waals surface area contributed by atoms with E-state index in [0.717, 1.165) is 22.0 Å². The van der Waals surface area contributed by atoms with E-state index in [4.69, 9.17) is 10.5 Å². The summed E-state index contributed by atoms with van der Waals surface area (Å²) in [7, 11) is 0. The Morgan fingerprint density at radius 1 is 0.800 bits per heavy atom. The molecule has 9 heteroatoms. The lowest BCUT2D eigenvalue weighted by atomic mass is 10.0. The summed E-state index contributed by atoms with van der Waals surface area (Å²) in [6.45, 7) is 0. The zero-order valence-electron chi connectivity index (χ0n) is 21.2. The Kier molecular flexibility index (Phi) is 6.31. The highest BCUT2D eigenvalue weighted by Crippen LogP contribution is 2.47. The van der Waals surface area contributed by atoms with Gasteiger partial charge in [0.2, 0.25) is 11.8 Å². The highest BCUT2D eigenvalue weighted by molar-refractivity contribution is 6.16. The molecule has 2 amide bonds. The molecule has 0 unspecified atom stereocenters. The van der Waals surface area contributed by atoms with Gasteiger partial charge in [0, 0.05) is 34.7 Å². The number of carbonyl (C=O) groups is 2. The molecule has 1 aliphatic rings. The Balaban J connectivity index is 1.13. The summed E-state index contributed by atoms with van der Waals surface area (Å²) in [6.07, 6.45) is 4.29. The fourth-order valence-electron chi connectivity index (χ4n) is 4.42. The Hall–Kier alpha value is -5.31. The molecule has 2 heterocycles. The normalized spacial score (nSPS) is 13.4. The maximum Gasteiger partial charge on any atom is 0.240 e. The molecule has 1 fully saturated rings. The topological polar surface area (TPSA) is 119 Å². The van der Waals surface area contributed by atoms with Gasteiger partial charge in [0.15, 0.2) is 0 Å². The Labute approximate surface area is 229 Å². The van der Waals surface area contributed by atoms with Crippen LogP contribution in [0.25, 0.3) is 22.0 Å². The van der Waals surface area contributed by atoms with Crippen molar-refractivity contribution in [3.05, 3.63) is 103 Å². The van der Waals surface area contributed by atoms with Crippen molar-refractivity contribution in [1.29, 1.82) is 0 Å². The smallest absolute Gasteiger partial charge is 0.240 e. The van der Waals surface area contributed by atoms with Crippen LogP contribution in [0.1, 0.15) is 12.8 Å². The number of benzene rings is 3. The molecule has 8 nitrogen and oxygen atoms in total. The van der Waals surface area contributed by atoms with E-state index in [9.17, 15) is 14.0 Å². The third-order valence-electron chi connectivity index (χ3n) is 6.88. The molecule has 0 radical (unpaired) electrons. The van der Waals surface area contributed by atoms with Gasteiger partial charge in [0.05, 0.1) is 5.52 Å². The number of nitrogens with two attached hydrogens (primary N) is 1. The zero-order valence-corrected chi connectivity index (χ0v) is 21.2. The number of anilines is 3. The minimum Gasteiger partial charge on any atom is -0.457 e. The lowest BCUT2D eigenvalue weighted by Gasteiger charge is -2.16. The molecule has 198 valence electrons. The zero-order chi connectivity index (χ0) is 27.7. The standard InChI is InChI=1S/C31H24FN5O3/c32-21-3-5-22(6-4-21)36-29(38)31(14-15-31)30(39)37-23-7-9-24(10-8-23)40-27-13-16-34-26-17-19(1-11-25(26)27)20-2-12-28(33)35-18-20/h1-13,16-18H,14-15H2,(H2,33,35)(H,36,38)(H,37,39). The SMILES string of the molecule is Nc1ccc(-c2ccc3c(Oc4ccc(NC(=O)C5(C(=O)Nc6ccc(F)cc6)CC5)cc4)ccnc3c2)cn1. The summed E-state index contributed by atoms with van der Waals surface area (Å²) in [4.78, 5) is 34.4. The molecular formula is C31H24FN5O3. The second-order valence-corrected chi connectivity index (χ2v) is 9.64. The number of nitrogen functional groups attached to an aromatic ring is 1. The molecule has 40 heavy (non-hydrogen) atoms. The summed E-state index contributed by atoms with van der Waals surface area (Å²) in [5, 5.41) is 6.38. The highest BCUT2D eigenvalue weighted by Gasteiger charge is 2.56. The summed E-state index contributed by atoms with van der Waals surface area (Å²) in [5.41, 5.74) is 8.20. The number of rotatable bonds is 7. The number of fused-ring (bicyclic) bond motifs is 1. The molecule has 3 aromatic carbocycles. The van der Waals surface area contributed by atoms with E-state index >= 15 is 0 Å². The van der Waals surface area contributed by atoms with Crippen LogP contribution in [0.3, 0.4) is 0 Å². The number of hydrogen-bond acceptors (Lipinski definition) is 6. The average Bonchev–Trinajstić information content (AvgIpc) is 3.78. The first-order valence-electron chi connectivity index (χ1n) is 12.7. The van der Waals surface area contributed by atoms with Crippen LogP contribution in [0.15, 0.2) is 97.3 Å². The van der Waals surface area contributed by atoms with Gasteiger partial charge < -0.3 is 21.1 Å². The van der Waals surface area contributed by atoms with Gasteiger partial charge in [-0.1, -0.05) is 6.07 Å². The monoisotopic (exact) mass is 533 g/mol. The number of ether oxygens (including phenoxy) is 1. The Morgan fingerprint density at radius 2 is 1.45 bits per heavy atom. The van der Waals surface area contributed by atoms with Crippen molar-refractivity contribution >= 4 is 39.9 Å². The summed E-state index contributed by atoms with van der Waals surface area (Å²) in [6, 6.07) is 23.7. The van der Waals surface area contributed by atoms with Crippen LogP contribution in [0, 0.1) is 11.2 Å². The number of aromatic nitrogens is 2. The highest BCUT2D eigenvalue weighted by atomic mass is 19.1. The van der Waals surface area contributed by atoms with Crippen molar-refractivity contribution in [2.24, 2.45) is 5.41 Å². The van der Waals surface area contributed by atoms with Gasteiger partial charge in [-0.3, -0.25) is 14.6 Å². The first-order valence-corrected chi connectivity index (χ1v) is 12.7. The number of halogens is 1. The van der Waals surface area contributed by atoms with E-state index in [2.05, 4.69) is 20.6 Å². The predicted octanol–water partition coefficient (Wildman–Crippen LogP) is 6.17. The van der Waals surface area contributed by atoms with Gasteiger partial charge in [0.25, 0.3) is 0 Å². The molecule has 0 spiro atoms. The first-order chi connectivity index (χ1) is 19.4. The number of nitrogens with one attached hydrogen (secondary N) is 2. The predicted molar refractivity (Wildman–Crippen MR) is 151 cm³/mol. The van der Waals surface area contributed by atoms with Gasteiger partial charge in [-0.2, -0.15) is 0 Å². The van der Waals surface area contributed by atoms with Crippen LogP contribution in [0.4, 0.5) is 21.6 Å². The second kappa shape index (κ2) is 10.1. The van der Waals surface area contributed by atoms with Gasteiger partial charge >= 0.3 is 0 Å². The maximum atomic E-state index is 13.2. The minimum atomic E-state index is -1.14. The van der Waals surface area contributed by atoms with E-state index in [-0.39, 0.29) is 5.91 Å². The van der Waals surface area contributed by atoms with Crippen LogP contribution >= 0.6 is 0 Å². The van der Waals surface area contributed by atoms with Crippen LogP contribution in [-0.4, -0.2) is 21.8 Å². The van der Waals surface area contributed by atoms with Crippen molar-refractivity contribution in [2.45, 2.75) is 12.8 Å². The van der Waals surface area contributed by atoms with E-state index in [1.54, 1.807) is 48.8 Å². The third-order valence-corrected chi connectivity index (χ3v) is 6.88. The van der Waals surface area contributed by atoms with Crippen molar-refractivity contribution in [2.75, 3.05) is 16.4 Å². The molecule has 0 bridgehead atoms. The fraction of sp³-hybridized carbons (Fsp3) is 0.0968. The average molecular weight is 534 g/mol. The van der Waals surface area contributed by atoms with Crippen molar-refractivity contribution in [1.82, 2.24) is 9.97 Å². The quantitative estimate of drug-likeness (QED) is 0.215. The number of hydrogen-bond donors (Lipinski definition) is 3. The van der Waals surface area contributed by atoms with E-state index in [1.165, 1.54) is 24.3 Å². The molecule has 4 N–H and O–H groups in total. The fourth-order valence-corrected chi connectivity index (χ4v) is 4.42. The Morgan fingerprint density at radius 3 is 2.08 bits per heavy atom. The van der Waals surface area contributed by atoms with Crippen LogP contribution in [0.5, 0.6) is 11.5 Å². The summed E-state index contributed by atoms with van der Waals surface area (Å²) < 4.78 is 19.3. The van der Waals surface area contributed by atoms with Crippen molar-refractivity contribution < 1.29 is 18.7 Å². The summed E-state index contributed by atoms with van der Waals surface area (Å²) >= 11 is 0. The number of carbonyl (C=O) groups excluding carboxylic acids is 2. The van der Waals surface area contributed by atoms with E-state index < -0.39 is 17.1 Å². The minimum absolute atomic E-state index is 0.381. The second-order valence-electron chi connectivity index (χ2n) is 9.64. The van der Waals surface area contributed by atoms with Gasteiger partial charge in [-0.05, 0) is 97.3 Å². The number of amides is 2. The molecule has 0 aliphatic heterocycles. The lowest BCUT2D eigenvalue weighted by Crippen LogP contribution is -2.35. The molecule has 0 atom stereocenters. The lowest BCUT2D eigenvalue weighted by molar-refractivity contribution is -0.131. The first kappa shape index (κ1) is 25.0. The van der Waals surface area contributed by atoms with Crippen molar-refractivity contribution in [3.8, 4) is 22.6 Å². The van der Waals surface area contributed by atoms with E-state index in [0.29, 0.717) is 41.5 Å². The van der Waals surface area contributed by atoms with Crippen LogP contribution in [0.2, 0.25) is 0 Å². The van der Waals surface area contributed by atoms with Gasteiger partial charge in [0.1, 0.15) is 28.5 Å². The molecule has 6 rings (SSSR count). The van der Waals surface area contributed by atoms with Crippen molar-refractivity contribution in [3.63, 3.8) is 0 Å². The molecule has 1 aliphatic carbocycles. The van der Waals surface area contributed by atoms with Crippen LogP contribution < -0.4 is 21.1 Å². The van der Waals surface area contributed by atoms with Gasteiger partial charge in [-0.25, -0.2) is 9.37 Å². The van der Waals surface area contributed by atoms with Crippen LogP contribution in [-0.2, 0) is 9.59 Å². The third kappa shape index (κ3) is 5.04. The molecular weight excluding hydrogens is 509 g/mol. The molecule has 5 aromatic rings. The molecule has 0 saturated heterocycles. The largest absolute Gasteiger partial charge is 0.457 e. The van der Waals surface area contributed by atoms with Gasteiger partial charge in [-0.15, -0.1) is 0 Å². The Bertz CT molecular complexity index is 1720.